The lowest BCUT2D eigenvalue weighted by atomic mass is 9.78. The van der Waals surface area contributed by atoms with Crippen molar-refractivity contribution >= 4 is 0 Å². The summed E-state index contributed by atoms with van der Waals surface area (Å²) in [5.41, 5.74) is 0.618. The molecule has 2 heteroatoms. The summed E-state index contributed by atoms with van der Waals surface area (Å²) >= 11 is 0. The Bertz CT molecular complexity index is 183. The van der Waals surface area contributed by atoms with Crippen LogP contribution in [0.15, 0.2) is 0 Å². The van der Waals surface area contributed by atoms with Crippen molar-refractivity contribution in [2.45, 2.75) is 59.4 Å². The SMILES string of the molecule is CCNCC(CC)N1CCC(C)(CC)CC1. The molecule has 0 aromatic carbocycles. The van der Waals surface area contributed by atoms with Crippen LogP contribution in [-0.4, -0.2) is 37.1 Å². The standard InChI is InChI=1S/C14H30N2/c1-5-13(12-15-7-3)16-10-8-14(4,6-2)9-11-16/h13,15H,5-12H2,1-4H3. The third kappa shape index (κ3) is 3.74. The molecule has 16 heavy (non-hydrogen) atoms. The Balaban J connectivity index is 2.38. The van der Waals surface area contributed by atoms with Crippen LogP contribution in [0.5, 0.6) is 0 Å². The summed E-state index contributed by atoms with van der Waals surface area (Å²) < 4.78 is 0. The van der Waals surface area contributed by atoms with E-state index in [9.17, 15) is 0 Å². The zero-order chi connectivity index (χ0) is 12.0. The van der Waals surface area contributed by atoms with Crippen LogP contribution in [0, 0.1) is 5.41 Å². The number of likely N-dealkylation sites (N-methyl/N-ethyl adjacent to an activating group) is 1. The highest BCUT2D eigenvalue weighted by Crippen LogP contribution is 2.34. The molecule has 1 unspecified atom stereocenters. The Morgan fingerprint density at radius 1 is 1.19 bits per heavy atom. The number of piperidine rings is 1. The number of rotatable bonds is 6. The van der Waals surface area contributed by atoms with E-state index in [4.69, 9.17) is 0 Å². The van der Waals surface area contributed by atoms with Crippen molar-refractivity contribution in [2.75, 3.05) is 26.2 Å². The highest BCUT2D eigenvalue weighted by Gasteiger charge is 2.30. The number of hydrogen-bond acceptors (Lipinski definition) is 2. The van der Waals surface area contributed by atoms with Gasteiger partial charge in [0.05, 0.1) is 0 Å². The van der Waals surface area contributed by atoms with Gasteiger partial charge in [-0.1, -0.05) is 34.1 Å². The van der Waals surface area contributed by atoms with Gasteiger partial charge in [0, 0.05) is 12.6 Å². The number of nitrogens with one attached hydrogen (secondary N) is 1. The molecule has 1 heterocycles. The van der Waals surface area contributed by atoms with Crippen LogP contribution >= 0.6 is 0 Å². The van der Waals surface area contributed by atoms with Gasteiger partial charge >= 0.3 is 0 Å². The highest BCUT2D eigenvalue weighted by molar-refractivity contribution is 4.84. The van der Waals surface area contributed by atoms with E-state index in [1.807, 2.05) is 0 Å². The van der Waals surface area contributed by atoms with Crippen LogP contribution in [0.1, 0.15) is 53.4 Å². The second-order valence-corrected chi connectivity index (χ2v) is 5.57. The van der Waals surface area contributed by atoms with E-state index in [1.54, 1.807) is 0 Å². The molecule has 96 valence electrons. The summed E-state index contributed by atoms with van der Waals surface area (Å²) in [6, 6.07) is 0.751. The van der Waals surface area contributed by atoms with Gasteiger partial charge in [-0.05, 0) is 44.3 Å². The molecule has 1 aliphatic rings. The van der Waals surface area contributed by atoms with Crippen molar-refractivity contribution in [3.8, 4) is 0 Å². The fraction of sp³-hybridized carbons (Fsp3) is 1.00. The topological polar surface area (TPSA) is 15.3 Å². The lowest BCUT2D eigenvalue weighted by Gasteiger charge is -2.42. The smallest absolute Gasteiger partial charge is 0.0218 e. The molecule has 0 saturated carbocycles. The minimum absolute atomic E-state index is 0.618. The molecule has 1 atom stereocenters. The second kappa shape index (κ2) is 6.61. The monoisotopic (exact) mass is 226 g/mol. The first-order chi connectivity index (χ1) is 7.65. The van der Waals surface area contributed by atoms with Gasteiger partial charge < -0.3 is 5.32 Å². The van der Waals surface area contributed by atoms with Crippen LogP contribution in [0.3, 0.4) is 0 Å². The minimum atomic E-state index is 0.618. The van der Waals surface area contributed by atoms with Crippen molar-refractivity contribution in [2.24, 2.45) is 5.41 Å². The van der Waals surface area contributed by atoms with Gasteiger partial charge in [-0.25, -0.2) is 0 Å². The van der Waals surface area contributed by atoms with Crippen LogP contribution in [-0.2, 0) is 0 Å². The van der Waals surface area contributed by atoms with Crippen molar-refractivity contribution in [1.29, 1.82) is 0 Å². The molecule has 1 aliphatic heterocycles. The summed E-state index contributed by atoms with van der Waals surface area (Å²) in [4.78, 5) is 2.69. The van der Waals surface area contributed by atoms with E-state index in [0.29, 0.717) is 5.41 Å². The predicted octanol–water partition coefficient (Wildman–Crippen LogP) is 2.89. The minimum Gasteiger partial charge on any atom is -0.315 e. The average molecular weight is 226 g/mol. The average Bonchev–Trinajstić information content (AvgIpc) is 2.32. The number of nitrogens with zero attached hydrogens (tertiary/aromatic N) is 1. The van der Waals surface area contributed by atoms with E-state index in [0.717, 1.165) is 19.1 Å². The highest BCUT2D eigenvalue weighted by atomic mass is 15.2. The lowest BCUT2D eigenvalue weighted by molar-refractivity contribution is 0.0786. The van der Waals surface area contributed by atoms with E-state index in [-0.39, 0.29) is 0 Å². The summed E-state index contributed by atoms with van der Waals surface area (Å²) in [6.45, 7) is 14.2. The zero-order valence-electron chi connectivity index (χ0n) is 11.7. The maximum Gasteiger partial charge on any atom is 0.0218 e. The van der Waals surface area contributed by atoms with Gasteiger partial charge in [0.1, 0.15) is 0 Å². The van der Waals surface area contributed by atoms with Gasteiger partial charge in [-0.15, -0.1) is 0 Å². The number of hydrogen-bond donors (Lipinski definition) is 1. The van der Waals surface area contributed by atoms with Crippen molar-refractivity contribution in [3.05, 3.63) is 0 Å². The zero-order valence-corrected chi connectivity index (χ0v) is 11.7. The van der Waals surface area contributed by atoms with Crippen molar-refractivity contribution < 1.29 is 0 Å². The molecular formula is C14H30N2. The van der Waals surface area contributed by atoms with Crippen LogP contribution < -0.4 is 5.32 Å². The van der Waals surface area contributed by atoms with Gasteiger partial charge in [-0.2, -0.15) is 0 Å². The third-order valence-corrected chi connectivity index (χ3v) is 4.48. The molecule has 0 aromatic rings. The molecule has 1 rings (SSSR count). The van der Waals surface area contributed by atoms with Gasteiger partial charge in [0.15, 0.2) is 0 Å². The van der Waals surface area contributed by atoms with Gasteiger partial charge in [0.2, 0.25) is 0 Å². The summed E-state index contributed by atoms with van der Waals surface area (Å²) in [5, 5.41) is 3.49. The van der Waals surface area contributed by atoms with E-state index in [2.05, 4.69) is 37.9 Å². The quantitative estimate of drug-likeness (QED) is 0.749. The summed E-state index contributed by atoms with van der Waals surface area (Å²) in [6.07, 6.45) is 5.37. The van der Waals surface area contributed by atoms with E-state index < -0.39 is 0 Å². The van der Waals surface area contributed by atoms with Crippen molar-refractivity contribution in [1.82, 2.24) is 10.2 Å². The molecule has 0 radical (unpaired) electrons. The molecule has 0 spiro atoms. The van der Waals surface area contributed by atoms with Crippen LogP contribution in [0.2, 0.25) is 0 Å². The fourth-order valence-corrected chi connectivity index (χ4v) is 2.63. The first kappa shape index (κ1) is 14.0. The fourth-order valence-electron chi connectivity index (χ4n) is 2.63. The largest absolute Gasteiger partial charge is 0.315 e. The molecule has 1 fully saturated rings. The van der Waals surface area contributed by atoms with Crippen molar-refractivity contribution in [3.63, 3.8) is 0 Å². The molecule has 0 aromatic heterocycles. The normalized spacial score (nSPS) is 23.2. The Labute approximate surface area is 102 Å². The molecule has 0 bridgehead atoms. The molecular weight excluding hydrogens is 196 g/mol. The van der Waals surface area contributed by atoms with Crippen LogP contribution in [0.25, 0.3) is 0 Å². The molecule has 0 aliphatic carbocycles. The molecule has 1 saturated heterocycles. The Morgan fingerprint density at radius 3 is 2.25 bits per heavy atom. The number of likely N-dealkylation sites (tertiary alicyclic amines) is 1. The summed E-state index contributed by atoms with van der Waals surface area (Å²) in [5.74, 6) is 0. The lowest BCUT2D eigenvalue weighted by Crippen LogP contribution is -2.47. The van der Waals surface area contributed by atoms with Crippen LogP contribution in [0.4, 0.5) is 0 Å². The summed E-state index contributed by atoms with van der Waals surface area (Å²) in [7, 11) is 0. The maximum atomic E-state index is 3.49. The molecule has 2 nitrogen and oxygen atoms in total. The molecule has 0 amide bonds. The maximum absolute atomic E-state index is 3.49. The Morgan fingerprint density at radius 2 is 1.81 bits per heavy atom. The Hall–Kier alpha value is -0.0800. The molecule has 1 N–H and O–H groups in total. The first-order valence-electron chi connectivity index (χ1n) is 7.10. The first-order valence-corrected chi connectivity index (χ1v) is 7.10. The Kier molecular flexibility index (Phi) is 5.77. The van der Waals surface area contributed by atoms with E-state index >= 15 is 0 Å². The predicted molar refractivity (Wildman–Crippen MR) is 71.8 cm³/mol. The third-order valence-electron chi connectivity index (χ3n) is 4.48. The van der Waals surface area contributed by atoms with Gasteiger partial charge in [-0.3, -0.25) is 4.90 Å². The van der Waals surface area contributed by atoms with Gasteiger partial charge in [0.25, 0.3) is 0 Å². The second-order valence-electron chi connectivity index (χ2n) is 5.57. The van der Waals surface area contributed by atoms with E-state index in [1.165, 1.54) is 38.8 Å².